The molecule has 0 atom stereocenters. The van der Waals surface area contributed by atoms with Gasteiger partial charge in [0.15, 0.2) is 0 Å². The summed E-state index contributed by atoms with van der Waals surface area (Å²) in [5.41, 5.74) is 1.62. The van der Waals surface area contributed by atoms with Gasteiger partial charge in [0.25, 0.3) is 0 Å². The fourth-order valence-electron chi connectivity index (χ4n) is 2.45. The van der Waals surface area contributed by atoms with Gasteiger partial charge in [-0.25, -0.2) is 4.79 Å². The van der Waals surface area contributed by atoms with Crippen LogP contribution < -0.4 is 10.3 Å². The van der Waals surface area contributed by atoms with Gasteiger partial charge in [-0.15, -0.1) is 0 Å². The SMILES string of the molecule is Cc1cccc(OCCOC(=O)c2cc(=O)[nH]c3ccccc23)c1. The quantitative estimate of drug-likeness (QED) is 0.579. The number of esters is 1. The van der Waals surface area contributed by atoms with Crippen LogP contribution in [-0.4, -0.2) is 24.2 Å². The van der Waals surface area contributed by atoms with Crippen molar-refractivity contribution < 1.29 is 14.3 Å². The number of aryl methyl sites for hydroxylation is 1. The fourth-order valence-corrected chi connectivity index (χ4v) is 2.45. The lowest BCUT2D eigenvalue weighted by Crippen LogP contribution is -2.16. The number of pyridine rings is 1. The highest BCUT2D eigenvalue weighted by Crippen LogP contribution is 2.16. The molecule has 5 heteroatoms. The van der Waals surface area contributed by atoms with Crippen molar-refractivity contribution in [1.29, 1.82) is 0 Å². The third-order valence-electron chi connectivity index (χ3n) is 3.55. The Labute approximate surface area is 138 Å². The molecule has 0 fully saturated rings. The van der Waals surface area contributed by atoms with E-state index in [1.54, 1.807) is 24.3 Å². The maximum atomic E-state index is 12.2. The summed E-state index contributed by atoms with van der Waals surface area (Å²) in [7, 11) is 0. The number of carbonyl (C=O) groups excluding carboxylic acids is 1. The Morgan fingerprint density at radius 1 is 1.04 bits per heavy atom. The number of aromatic amines is 1. The highest BCUT2D eigenvalue weighted by Gasteiger charge is 2.12. The summed E-state index contributed by atoms with van der Waals surface area (Å²) in [4.78, 5) is 26.6. The molecule has 1 aromatic heterocycles. The fraction of sp³-hybridized carbons (Fsp3) is 0.158. The lowest BCUT2D eigenvalue weighted by atomic mass is 10.1. The molecule has 0 bridgehead atoms. The van der Waals surface area contributed by atoms with Gasteiger partial charge < -0.3 is 14.5 Å². The molecular weight excluding hydrogens is 306 g/mol. The van der Waals surface area contributed by atoms with Crippen LogP contribution in [-0.2, 0) is 4.74 Å². The van der Waals surface area contributed by atoms with Gasteiger partial charge in [0.05, 0.1) is 5.56 Å². The third-order valence-corrected chi connectivity index (χ3v) is 3.55. The number of carbonyl (C=O) groups is 1. The molecule has 3 rings (SSSR count). The Bertz CT molecular complexity index is 930. The van der Waals surface area contributed by atoms with E-state index in [2.05, 4.69) is 4.98 Å². The first-order valence-electron chi connectivity index (χ1n) is 7.62. The zero-order chi connectivity index (χ0) is 16.9. The molecule has 122 valence electrons. The normalized spacial score (nSPS) is 10.5. The molecule has 0 saturated carbocycles. The zero-order valence-electron chi connectivity index (χ0n) is 13.2. The molecule has 0 aliphatic carbocycles. The summed E-state index contributed by atoms with van der Waals surface area (Å²) in [5, 5.41) is 0.654. The highest BCUT2D eigenvalue weighted by molar-refractivity contribution is 6.03. The minimum absolute atomic E-state index is 0.105. The predicted molar refractivity (Wildman–Crippen MR) is 91.5 cm³/mol. The smallest absolute Gasteiger partial charge is 0.339 e. The van der Waals surface area contributed by atoms with Gasteiger partial charge >= 0.3 is 5.97 Å². The van der Waals surface area contributed by atoms with Gasteiger partial charge in [0, 0.05) is 17.0 Å². The van der Waals surface area contributed by atoms with Crippen LogP contribution in [0.1, 0.15) is 15.9 Å². The number of rotatable bonds is 5. The van der Waals surface area contributed by atoms with Crippen molar-refractivity contribution in [3.05, 3.63) is 76.1 Å². The van der Waals surface area contributed by atoms with E-state index in [0.29, 0.717) is 10.9 Å². The molecule has 0 spiro atoms. The molecule has 2 aromatic carbocycles. The molecule has 1 heterocycles. The first kappa shape index (κ1) is 15.8. The molecule has 5 nitrogen and oxygen atoms in total. The molecule has 0 unspecified atom stereocenters. The molecule has 3 aromatic rings. The van der Waals surface area contributed by atoms with Crippen LogP contribution >= 0.6 is 0 Å². The average molecular weight is 323 g/mol. The lowest BCUT2D eigenvalue weighted by Gasteiger charge is -2.09. The van der Waals surface area contributed by atoms with Crippen LogP contribution in [0.2, 0.25) is 0 Å². The second kappa shape index (κ2) is 7.00. The van der Waals surface area contributed by atoms with Crippen molar-refractivity contribution in [2.75, 3.05) is 13.2 Å². The Hall–Kier alpha value is -3.08. The van der Waals surface area contributed by atoms with Crippen molar-refractivity contribution >= 4 is 16.9 Å². The van der Waals surface area contributed by atoms with Gasteiger partial charge in [0.1, 0.15) is 19.0 Å². The summed E-state index contributed by atoms with van der Waals surface area (Å²) in [6.07, 6.45) is 0. The third kappa shape index (κ3) is 3.63. The van der Waals surface area contributed by atoms with Crippen LogP contribution in [0.3, 0.4) is 0 Å². The number of hydrogen-bond donors (Lipinski definition) is 1. The molecule has 0 aliphatic rings. The molecule has 0 saturated heterocycles. The van der Waals surface area contributed by atoms with Crippen molar-refractivity contribution in [2.45, 2.75) is 6.92 Å². The van der Waals surface area contributed by atoms with Crippen molar-refractivity contribution in [3.63, 3.8) is 0 Å². The van der Waals surface area contributed by atoms with E-state index in [-0.39, 0.29) is 24.3 Å². The summed E-state index contributed by atoms with van der Waals surface area (Å²) in [6.45, 7) is 2.33. The Kier molecular flexibility index (Phi) is 4.61. The van der Waals surface area contributed by atoms with Gasteiger partial charge in [-0.1, -0.05) is 30.3 Å². The summed E-state index contributed by atoms with van der Waals surface area (Å²) < 4.78 is 10.8. The number of fused-ring (bicyclic) bond motifs is 1. The second-order valence-corrected chi connectivity index (χ2v) is 5.39. The maximum absolute atomic E-state index is 12.2. The lowest BCUT2D eigenvalue weighted by molar-refractivity contribution is 0.0452. The number of nitrogens with one attached hydrogen (secondary N) is 1. The van der Waals surface area contributed by atoms with Gasteiger partial charge in [-0.05, 0) is 30.7 Å². The number of benzene rings is 2. The van der Waals surface area contributed by atoms with Gasteiger partial charge in [-0.2, -0.15) is 0 Å². The second-order valence-electron chi connectivity index (χ2n) is 5.39. The van der Waals surface area contributed by atoms with E-state index in [1.807, 2.05) is 31.2 Å². The monoisotopic (exact) mass is 323 g/mol. The Morgan fingerprint density at radius 2 is 1.88 bits per heavy atom. The van der Waals surface area contributed by atoms with Gasteiger partial charge in [-0.3, -0.25) is 4.79 Å². The number of H-pyrrole nitrogens is 1. The van der Waals surface area contributed by atoms with E-state index < -0.39 is 5.97 Å². The number of para-hydroxylation sites is 1. The topological polar surface area (TPSA) is 68.4 Å². The molecule has 0 amide bonds. The van der Waals surface area contributed by atoms with Crippen molar-refractivity contribution in [1.82, 2.24) is 4.98 Å². The summed E-state index contributed by atoms with van der Waals surface area (Å²) in [6, 6.07) is 16.0. The van der Waals surface area contributed by atoms with Crippen LogP contribution in [0.15, 0.2) is 59.4 Å². The van der Waals surface area contributed by atoms with E-state index in [9.17, 15) is 9.59 Å². The summed E-state index contributed by atoms with van der Waals surface area (Å²) >= 11 is 0. The number of ether oxygens (including phenoxy) is 2. The summed E-state index contributed by atoms with van der Waals surface area (Å²) in [5.74, 6) is 0.192. The van der Waals surface area contributed by atoms with Crippen molar-refractivity contribution in [3.8, 4) is 5.75 Å². The van der Waals surface area contributed by atoms with E-state index >= 15 is 0 Å². The number of aromatic nitrogens is 1. The first-order chi connectivity index (χ1) is 11.6. The van der Waals surface area contributed by atoms with Crippen molar-refractivity contribution in [2.24, 2.45) is 0 Å². The molecule has 0 radical (unpaired) electrons. The molecule has 24 heavy (non-hydrogen) atoms. The van der Waals surface area contributed by atoms with Crippen LogP contribution in [0.4, 0.5) is 0 Å². The van der Waals surface area contributed by atoms with Crippen LogP contribution in [0.5, 0.6) is 5.75 Å². The minimum atomic E-state index is -0.537. The van der Waals surface area contributed by atoms with Gasteiger partial charge in [0.2, 0.25) is 5.56 Å². The predicted octanol–water partition coefficient (Wildman–Crippen LogP) is 3.07. The zero-order valence-corrected chi connectivity index (χ0v) is 13.2. The molecule has 0 aliphatic heterocycles. The first-order valence-corrected chi connectivity index (χ1v) is 7.62. The van der Waals surface area contributed by atoms with Crippen LogP contribution in [0, 0.1) is 6.92 Å². The average Bonchev–Trinajstić information content (AvgIpc) is 2.58. The molecular formula is C19H17NO4. The number of hydrogen-bond acceptors (Lipinski definition) is 4. The van der Waals surface area contributed by atoms with E-state index in [1.165, 1.54) is 6.07 Å². The molecule has 1 N–H and O–H groups in total. The Balaban J connectivity index is 1.64. The standard InChI is InChI=1S/C19H17NO4/c1-13-5-4-6-14(11-13)23-9-10-24-19(22)16-12-18(21)20-17-8-3-2-7-15(16)17/h2-8,11-12H,9-10H2,1H3,(H,20,21). The van der Waals surface area contributed by atoms with E-state index in [0.717, 1.165) is 11.3 Å². The maximum Gasteiger partial charge on any atom is 0.339 e. The Morgan fingerprint density at radius 3 is 2.71 bits per heavy atom. The minimum Gasteiger partial charge on any atom is -0.490 e. The highest BCUT2D eigenvalue weighted by atomic mass is 16.6. The van der Waals surface area contributed by atoms with Crippen LogP contribution in [0.25, 0.3) is 10.9 Å². The van der Waals surface area contributed by atoms with E-state index in [4.69, 9.17) is 9.47 Å². The largest absolute Gasteiger partial charge is 0.490 e.